The highest BCUT2D eigenvalue weighted by Gasteiger charge is 2.01. The Balaban J connectivity index is 2.86. The first kappa shape index (κ1) is 9.49. The summed E-state index contributed by atoms with van der Waals surface area (Å²) in [4.78, 5) is 4.16. The summed E-state index contributed by atoms with van der Waals surface area (Å²) < 4.78 is 0.934. The summed E-state index contributed by atoms with van der Waals surface area (Å²) in [5.74, 6) is 0. The van der Waals surface area contributed by atoms with E-state index in [0.29, 0.717) is 10.0 Å². The molecular formula is C9H4Cl2IN. The zero-order valence-corrected chi connectivity index (χ0v) is 10.1. The topological polar surface area (TPSA) is 12.9 Å². The number of rotatable bonds is 0. The van der Waals surface area contributed by atoms with Crippen LogP contribution >= 0.6 is 45.8 Å². The van der Waals surface area contributed by atoms with E-state index in [-0.39, 0.29) is 0 Å². The number of pyridine rings is 1. The van der Waals surface area contributed by atoms with Crippen LogP contribution in [0, 0.1) is 3.70 Å². The molecular weight excluding hydrogens is 320 g/mol. The molecule has 2 aromatic rings. The minimum Gasteiger partial charge on any atom is -0.250 e. The predicted molar refractivity (Wildman–Crippen MR) is 64.5 cm³/mol. The summed E-state index contributed by atoms with van der Waals surface area (Å²) in [6, 6.07) is 5.56. The van der Waals surface area contributed by atoms with Crippen molar-refractivity contribution in [2.45, 2.75) is 0 Å². The molecule has 0 radical (unpaired) electrons. The second-order valence-electron chi connectivity index (χ2n) is 2.62. The fraction of sp³-hybridized carbons (Fsp3) is 0. The molecule has 0 saturated heterocycles. The van der Waals surface area contributed by atoms with Gasteiger partial charge >= 0.3 is 0 Å². The summed E-state index contributed by atoms with van der Waals surface area (Å²) in [7, 11) is 0. The van der Waals surface area contributed by atoms with E-state index in [9.17, 15) is 0 Å². The predicted octanol–water partition coefficient (Wildman–Crippen LogP) is 4.15. The van der Waals surface area contributed by atoms with Crippen molar-refractivity contribution in [3.05, 3.63) is 38.1 Å². The molecule has 1 aromatic heterocycles. The molecule has 0 aliphatic rings. The van der Waals surface area contributed by atoms with Crippen molar-refractivity contribution in [1.29, 1.82) is 0 Å². The van der Waals surface area contributed by atoms with Gasteiger partial charge < -0.3 is 0 Å². The zero-order chi connectivity index (χ0) is 9.42. The molecule has 1 aromatic carbocycles. The lowest BCUT2D eigenvalue weighted by Crippen LogP contribution is -1.81. The van der Waals surface area contributed by atoms with Gasteiger partial charge in [0.2, 0.25) is 0 Å². The van der Waals surface area contributed by atoms with E-state index in [0.717, 1.165) is 14.5 Å². The fourth-order valence-electron chi connectivity index (χ4n) is 1.15. The van der Waals surface area contributed by atoms with Gasteiger partial charge in [-0.15, -0.1) is 0 Å². The second kappa shape index (κ2) is 3.59. The summed E-state index contributed by atoms with van der Waals surface area (Å²) >= 11 is 14.0. The van der Waals surface area contributed by atoms with Gasteiger partial charge in [-0.05, 0) is 46.2 Å². The molecule has 4 heteroatoms. The van der Waals surface area contributed by atoms with Crippen LogP contribution in [0.3, 0.4) is 0 Å². The van der Waals surface area contributed by atoms with Crippen LogP contribution in [-0.4, -0.2) is 4.98 Å². The first-order valence-corrected chi connectivity index (χ1v) is 5.40. The largest absolute Gasteiger partial charge is 0.250 e. The van der Waals surface area contributed by atoms with Crippen molar-refractivity contribution in [2.75, 3.05) is 0 Å². The Labute approximate surface area is 99.2 Å². The van der Waals surface area contributed by atoms with Crippen molar-refractivity contribution in [2.24, 2.45) is 0 Å². The Morgan fingerprint density at radius 2 is 1.92 bits per heavy atom. The van der Waals surface area contributed by atoms with Crippen LogP contribution in [0.25, 0.3) is 10.8 Å². The highest BCUT2D eigenvalue weighted by atomic mass is 127. The molecule has 0 atom stereocenters. The average molecular weight is 324 g/mol. The molecule has 66 valence electrons. The van der Waals surface area contributed by atoms with Gasteiger partial charge in [0.25, 0.3) is 0 Å². The van der Waals surface area contributed by atoms with Gasteiger partial charge in [0.05, 0.1) is 5.02 Å². The van der Waals surface area contributed by atoms with Gasteiger partial charge in [-0.3, -0.25) is 0 Å². The SMILES string of the molecule is Clc1cc(Cl)c2cnc(I)cc2c1. The van der Waals surface area contributed by atoms with Crippen molar-refractivity contribution in [3.8, 4) is 0 Å². The third-order valence-electron chi connectivity index (χ3n) is 1.72. The Kier molecular flexibility index (Phi) is 2.62. The third-order valence-corrected chi connectivity index (χ3v) is 2.84. The highest BCUT2D eigenvalue weighted by Crippen LogP contribution is 2.27. The maximum atomic E-state index is 5.99. The molecule has 0 aliphatic carbocycles. The molecule has 0 spiro atoms. The lowest BCUT2D eigenvalue weighted by Gasteiger charge is -2.01. The molecule has 0 unspecified atom stereocenters. The molecule has 1 heterocycles. The summed E-state index contributed by atoms with van der Waals surface area (Å²) in [5, 5.41) is 3.26. The Hall–Kier alpha value is -0.0600. The molecule has 2 rings (SSSR count). The van der Waals surface area contributed by atoms with Gasteiger partial charge in [-0.25, -0.2) is 4.98 Å². The van der Waals surface area contributed by atoms with E-state index in [1.165, 1.54) is 0 Å². The standard InChI is InChI=1S/C9H4Cl2IN/c10-6-1-5-2-9(12)13-4-7(5)8(11)3-6/h1-4H. The van der Waals surface area contributed by atoms with E-state index in [1.54, 1.807) is 12.3 Å². The number of fused-ring (bicyclic) bond motifs is 1. The molecule has 0 N–H and O–H groups in total. The van der Waals surface area contributed by atoms with Gasteiger partial charge in [0, 0.05) is 16.6 Å². The van der Waals surface area contributed by atoms with Crippen molar-refractivity contribution in [3.63, 3.8) is 0 Å². The van der Waals surface area contributed by atoms with Crippen LogP contribution in [-0.2, 0) is 0 Å². The number of hydrogen-bond donors (Lipinski definition) is 0. The zero-order valence-electron chi connectivity index (χ0n) is 6.39. The minimum absolute atomic E-state index is 0.645. The van der Waals surface area contributed by atoms with E-state index < -0.39 is 0 Å². The Morgan fingerprint density at radius 1 is 1.15 bits per heavy atom. The number of benzene rings is 1. The van der Waals surface area contributed by atoms with Crippen LogP contribution < -0.4 is 0 Å². The van der Waals surface area contributed by atoms with Crippen molar-refractivity contribution >= 4 is 56.6 Å². The Morgan fingerprint density at radius 3 is 2.69 bits per heavy atom. The first-order valence-electron chi connectivity index (χ1n) is 3.57. The lowest BCUT2D eigenvalue weighted by atomic mass is 10.2. The molecule has 0 aliphatic heterocycles. The van der Waals surface area contributed by atoms with Crippen LogP contribution in [0.5, 0.6) is 0 Å². The molecule has 1 nitrogen and oxygen atoms in total. The number of nitrogens with zero attached hydrogens (tertiary/aromatic N) is 1. The summed E-state index contributed by atoms with van der Waals surface area (Å²) in [6.07, 6.45) is 1.76. The molecule has 0 bridgehead atoms. The van der Waals surface area contributed by atoms with Crippen LogP contribution in [0.2, 0.25) is 10.0 Å². The monoisotopic (exact) mass is 323 g/mol. The van der Waals surface area contributed by atoms with Crippen LogP contribution in [0.15, 0.2) is 24.4 Å². The van der Waals surface area contributed by atoms with E-state index in [4.69, 9.17) is 23.2 Å². The summed E-state index contributed by atoms with van der Waals surface area (Å²) in [5.41, 5.74) is 0. The van der Waals surface area contributed by atoms with Crippen molar-refractivity contribution < 1.29 is 0 Å². The van der Waals surface area contributed by atoms with Crippen molar-refractivity contribution in [1.82, 2.24) is 4.98 Å². The number of aromatic nitrogens is 1. The molecule has 0 fully saturated rings. The maximum absolute atomic E-state index is 5.99. The van der Waals surface area contributed by atoms with Gasteiger partial charge in [0.15, 0.2) is 0 Å². The quantitative estimate of drug-likeness (QED) is 0.524. The third kappa shape index (κ3) is 1.90. The lowest BCUT2D eigenvalue weighted by molar-refractivity contribution is 1.30. The molecule has 13 heavy (non-hydrogen) atoms. The minimum atomic E-state index is 0.645. The molecule has 0 saturated carbocycles. The van der Waals surface area contributed by atoms with Gasteiger partial charge in [0.1, 0.15) is 3.70 Å². The van der Waals surface area contributed by atoms with E-state index >= 15 is 0 Å². The number of hydrogen-bond acceptors (Lipinski definition) is 1. The first-order chi connectivity index (χ1) is 6.16. The summed E-state index contributed by atoms with van der Waals surface area (Å²) in [6.45, 7) is 0. The van der Waals surface area contributed by atoms with Crippen LogP contribution in [0.1, 0.15) is 0 Å². The maximum Gasteiger partial charge on any atom is 0.101 e. The Bertz CT molecular complexity index is 465. The normalized spacial score (nSPS) is 10.7. The van der Waals surface area contributed by atoms with Gasteiger partial charge in [-0.2, -0.15) is 0 Å². The van der Waals surface area contributed by atoms with E-state index in [1.807, 2.05) is 12.1 Å². The average Bonchev–Trinajstić information content (AvgIpc) is 2.02. The second-order valence-corrected chi connectivity index (χ2v) is 4.56. The molecule has 0 amide bonds. The van der Waals surface area contributed by atoms with Gasteiger partial charge in [-0.1, -0.05) is 23.2 Å². The van der Waals surface area contributed by atoms with Crippen LogP contribution in [0.4, 0.5) is 0 Å². The van der Waals surface area contributed by atoms with E-state index in [2.05, 4.69) is 27.6 Å². The fourth-order valence-corrected chi connectivity index (χ4v) is 2.18. The highest BCUT2D eigenvalue weighted by molar-refractivity contribution is 14.1. The number of halogens is 3. The smallest absolute Gasteiger partial charge is 0.101 e.